The van der Waals surface area contributed by atoms with Crippen molar-refractivity contribution in [3.05, 3.63) is 60.2 Å². The van der Waals surface area contributed by atoms with Gasteiger partial charge in [0.1, 0.15) is 11.7 Å². The van der Waals surface area contributed by atoms with Crippen molar-refractivity contribution in [2.24, 2.45) is 5.41 Å². The summed E-state index contributed by atoms with van der Waals surface area (Å²) in [7, 11) is 0. The number of nitrogens with zero attached hydrogens (tertiary/aromatic N) is 3. The molecule has 0 aliphatic carbocycles. The zero-order valence-corrected chi connectivity index (χ0v) is 16.4. The molecule has 3 rings (SSSR count). The highest BCUT2D eigenvalue weighted by Crippen LogP contribution is 2.30. The fraction of sp³-hybridized carbons (Fsp3) is 0.409. The predicted molar refractivity (Wildman–Crippen MR) is 108 cm³/mol. The molecule has 0 spiro atoms. The SMILES string of the molecule is CC(C)(C)C(NC(=O)CCCCc1ccccc1)n1nnc2ccccc21. The highest BCUT2D eigenvalue weighted by molar-refractivity contribution is 5.77. The number of hydrogen-bond donors (Lipinski definition) is 1. The van der Waals surface area contributed by atoms with Crippen molar-refractivity contribution in [1.82, 2.24) is 20.3 Å². The maximum absolute atomic E-state index is 12.6. The van der Waals surface area contributed by atoms with E-state index in [4.69, 9.17) is 0 Å². The van der Waals surface area contributed by atoms with Gasteiger partial charge in [0.05, 0.1) is 5.52 Å². The fourth-order valence-corrected chi connectivity index (χ4v) is 3.21. The van der Waals surface area contributed by atoms with Crippen LogP contribution in [0.5, 0.6) is 0 Å². The second kappa shape index (κ2) is 8.33. The molecule has 5 nitrogen and oxygen atoms in total. The number of unbranched alkanes of at least 4 members (excludes halogenated alkanes) is 1. The summed E-state index contributed by atoms with van der Waals surface area (Å²) in [5, 5.41) is 11.7. The summed E-state index contributed by atoms with van der Waals surface area (Å²) in [6.45, 7) is 6.30. The zero-order chi connectivity index (χ0) is 19.3. The number of carbonyl (C=O) groups excluding carboxylic acids is 1. The van der Waals surface area contributed by atoms with Gasteiger partial charge in [-0.1, -0.05) is 68.4 Å². The van der Waals surface area contributed by atoms with Gasteiger partial charge in [0.15, 0.2) is 0 Å². The first-order valence-electron chi connectivity index (χ1n) is 9.58. The minimum Gasteiger partial charge on any atom is -0.334 e. The van der Waals surface area contributed by atoms with E-state index in [2.05, 4.69) is 60.7 Å². The number of para-hydroxylation sites is 1. The molecule has 27 heavy (non-hydrogen) atoms. The number of fused-ring (bicyclic) bond motifs is 1. The Labute approximate surface area is 160 Å². The van der Waals surface area contributed by atoms with Gasteiger partial charge in [0, 0.05) is 11.8 Å². The molecule has 142 valence electrons. The third-order valence-electron chi connectivity index (χ3n) is 4.70. The molecule has 0 saturated carbocycles. The first-order chi connectivity index (χ1) is 12.9. The summed E-state index contributed by atoms with van der Waals surface area (Å²) in [5.74, 6) is 0.0579. The quantitative estimate of drug-likeness (QED) is 0.628. The lowest BCUT2D eigenvalue weighted by Crippen LogP contribution is -2.40. The Balaban J connectivity index is 1.60. The molecule has 2 aromatic carbocycles. The number of carbonyl (C=O) groups is 1. The molecule has 1 unspecified atom stereocenters. The van der Waals surface area contributed by atoms with Crippen molar-refractivity contribution in [1.29, 1.82) is 0 Å². The number of rotatable bonds is 7. The van der Waals surface area contributed by atoms with Crippen LogP contribution in [0.4, 0.5) is 0 Å². The van der Waals surface area contributed by atoms with Crippen LogP contribution in [0, 0.1) is 5.41 Å². The Morgan fingerprint density at radius 3 is 2.48 bits per heavy atom. The van der Waals surface area contributed by atoms with Crippen molar-refractivity contribution in [3.8, 4) is 0 Å². The van der Waals surface area contributed by atoms with Crippen LogP contribution in [-0.4, -0.2) is 20.9 Å². The third kappa shape index (κ3) is 4.94. The summed E-state index contributed by atoms with van der Waals surface area (Å²) in [6.07, 6.45) is 3.15. The normalized spacial score (nSPS) is 12.9. The van der Waals surface area contributed by atoms with Crippen LogP contribution in [0.15, 0.2) is 54.6 Å². The summed E-state index contributed by atoms with van der Waals surface area (Å²) < 4.78 is 1.83. The van der Waals surface area contributed by atoms with Crippen molar-refractivity contribution >= 4 is 16.9 Å². The van der Waals surface area contributed by atoms with Gasteiger partial charge in [-0.05, 0) is 37.0 Å². The summed E-state index contributed by atoms with van der Waals surface area (Å²) >= 11 is 0. The smallest absolute Gasteiger partial charge is 0.221 e. The molecule has 0 radical (unpaired) electrons. The van der Waals surface area contributed by atoms with Gasteiger partial charge in [0.2, 0.25) is 5.91 Å². The van der Waals surface area contributed by atoms with Gasteiger partial charge < -0.3 is 5.32 Å². The highest BCUT2D eigenvalue weighted by atomic mass is 16.1. The van der Waals surface area contributed by atoms with E-state index in [1.165, 1.54) is 5.56 Å². The molecule has 0 bridgehead atoms. The average molecular weight is 364 g/mol. The van der Waals surface area contributed by atoms with Crippen LogP contribution < -0.4 is 5.32 Å². The molecule has 1 aromatic heterocycles. The molecule has 1 heterocycles. The summed E-state index contributed by atoms with van der Waals surface area (Å²) in [5.41, 5.74) is 2.90. The standard InChI is InChI=1S/C22H28N4O/c1-22(2,3)21(26-19-15-9-8-14-18(19)24-25-26)23-20(27)16-10-7-13-17-11-5-4-6-12-17/h4-6,8-9,11-12,14-15,21H,7,10,13,16H2,1-3H3,(H,23,27). The van der Waals surface area contributed by atoms with E-state index in [0.717, 1.165) is 30.3 Å². The van der Waals surface area contributed by atoms with Crippen LogP contribution in [0.25, 0.3) is 11.0 Å². The van der Waals surface area contributed by atoms with E-state index in [9.17, 15) is 4.79 Å². The minimum absolute atomic E-state index is 0.0579. The Hall–Kier alpha value is -2.69. The molecule has 0 saturated heterocycles. The van der Waals surface area contributed by atoms with Crippen LogP contribution in [0.2, 0.25) is 0 Å². The first kappa shape index (κ1) is 19.1. The minimum atomic E-state index is -0.244. The summed E-state index contributed by atoms with van der Waals surface area (Å²) in [6, 6.07) is 18.2. The molecule has 1 N–H and O–H groups in total. The zero-order valence-electron chi connectivity index (χ0n) is 16.4. The lowest BCUT2D eigenvalue weighted by atomic mass is 9.92. The number of nitrogens with one attached hydrogen (secondary N) is 1. The van der Waals surface area contributed by atoms with E-state index < -0.39 is 0 Å². The molecule has 5 heteroatoms. The predicted octanol–water partition coefficient (Wildman–Crippen LogP) is 4.51. The number of benzene rings is 2. The van der Waals surface area contributed by atoms with Gasteiger partial charge in [-0.2, -0.15) is 0 Å². The monoisotopic (exact) mass is 364 g/mol. The maximum atomic E-state index is 12.6. The van der Waals surface area contributed by atoms with Crippen LogP contribution >= 0.6 is 0 Å². The Morgan fingerprint density at radius 1 is 1.04 bits per heavy atom. The number of aryl methyl sites for hydroxylation is 1. The number of amides is 1. The van der Waals surface area contributed by atoms with Gasteiger partial charge in [-0.25, -0.2) is 4.68 Å². The van der Waals surface area contributed by atoms with Crippen molar-refractivity contribution in [2.75, 3.05) is 0 Å². The molecule has 0 aliphatic rings. The largest absolute Gasteiger partial charge is 0.334 e. The maximum Gasteiger partial charge on any atom is 0.221 e. The molecule has 1 amide bonds. The van der Waals surface area contributed by atoms with Gasteiger partial charge >= 0.3 is 0 Å². The summed E-state index contributed by atoms with van der Waals surface area (Å²) in [4.78, 5) is 12.6. The van der Waals surface area contributed by atoms with Gasteiger partial charge in [-0.3, -0.25) is 4.79 Å². The second-order valence-electron chi connectivity index (χ2n) is 8.05. The Kier molecular flexibility index (Phi) is 5.89. The first-order valence-corrected chi connectivity index (χ1v) is 9.58. The molecular weight excluding hydrogens is 336 g/mol. The topological polar surface area (TPSA) is 59.8 Å². The molecule has 1 atom stereocenters. The number of hydrogen-bond acceptors (Lipinski definition) is 3. The van der Waals surface area contributed by atoms with E-state index in [1.807, 2.05) is 35.0 Å². The fourth-order valence-electron chi connectivity index (χ4n) is 3.21. The van der Waals surface area contributed by atoms with Crippen molar-refractivity contribution in [2.45, 2.75) is 52.6 Å². The lowest BCUT2D eigenvalue weighted by molar-refractivity contribution is -0.123. The molecule has 0 fully saturated rings. The average Bonchev–Trinajstić information content (AvgIpc) is 3.07. The van der Waals surface area contributed by atoms with Crippen LogP contribution in [-0.2, 0) is 11.2 Å². The van der Waals surface area contributed by atoms with Gasteiger partial charge in [-0.15, -0.1) is 5.10 Å². The van der Waals surface area contributed by atoms with E-state index >= 15 is 0 Å². The van der Waals surface area contributed by atoms with Crippen LogP contribution in [0.3, 0.4) is 0 Å². The Morgan fingerprint density at radius 2 is 1.74 bits per heavy atom. The Bertz CT molecular complexity index is 880. The third-order valence-corrected chi connectivity index (χ3v) is 4.70. The van der Waals surface area contributed by atoms with E-state index in [1.54, 1.807) is 0 Å². The van der Waals surface area contributed by atoms with Crippen molar-refractivity contribution in [3.63, 3.8) is 0 Å². The lowest BCUT2D eigenvalue weighted by Gasteiger charge is -2.31. The number of aromatic nitrogens is 3. The van der Waals surface area contributed by atoms with E-state index in [0.29, 0.717) is 6.42 Å². The van der Waals surface area contributed by atoms with E-state index in [-0.39, 0.29) is 17.5 Å². The van der Waals surface area contributed by atoms with Crippen LogP contribution in [0.1, 0.15) is 51.8 Å². The molecular formula is C22H28N4O. The second-order valence-corrected chi connectivity index (χ2v) is 8.05. The van der Waals surface area contributed by atoms with Gasteiger partial charge in [0.25, 0.3) is 0 Å². The highest BCUT2D eigenvalue weighted by Gasteiger charge is 2.30. The van der Waals surface area contributed by atoms with Crippen molar-refractivity contribution < 1.29 is 4.79 Å². The molecule has 0 aliphatic heterocycles. The molecule has 3 aromatic rings.